The van der Waals surface area contributed by atoms with Crippen LogP contribution in [0.2, 0.25) is 5.02 Å². The number of thiazole rings is 1. The highest BCUT2D eigenvalue weighted by Gasteiger charge is 2.18. The fraction of sp³-hybridized carbons (Fsp3) is 0.400. The van der Waals surface area contributed by atoms with Crippen LogP contribution in [0.25, 0.3) is 0 Å². The Morgan fingerprint density at radius 3 is 2.68 bits per heavy atom. The molecular formula is C15H19ClN2S. The molecule has 1 atom stereocenters. The smallest absolute Gasteiger partial charge is 0.0947 e. The first-order valence-corrected chi connectivity index (χ1v) is 7.58. The summed E-state index contributed by atoms with van der Waals surface area (Å²) in [7, 11) is 0. The number of aromatic nitrogens is 1. The quantitative estimate of drug-likeness (QED) is 0.915. The van der Waals surface area contributed by atoms with E-state index in [0.29, 0.717) is 0 Å². The lowest BCUT2D eigenvalue weighted by Crippen LogP contribution is -2.14. The molecule has 2 aromatic rings. The molecule has 0 radical (unpaired) electrons. The summed E-state index contributed by atoms with van der Waals surface area (Å²) in [6, 6.07) is 7.66. The third-order valence-electron chi connectivity index (χ3n) is 2.99. The van der Waals surface area contributed by atoms with Crippen molar-refractivity contribution in [3.8, 4) is 0 Å². The maximum absolute atomic E-state index is 6.22. The molecule has 0 saturated carbocycles. The molecule has 0 bridgehead atoms. The molecule has 0 spiro atoms. The third-order valence-corrected chi connectivity index (χ3v) is 4.10. The van der Waals surface area contributed by atoms with Crippen molar-refractivity contribution in [3.05, 3.63) is 50.9 Å². The molecule has 0 aliphatic rings. The Bertz CT molecular complexity index is 557. The Kier molecular flexibility index (Phi) is 4.29. The summed E-state index contributed by atoms with van der Waals surface area (Å²) in [5.74, 6) is 0. The Morgan fingerprint density at radius 2 is 2.11 bits per heavy atom. The minimum atomic E-state index is -0.0577. The fourth-order valence-electron chi connectivity index (χ4n) is 1.79. The maximum Gasteiger partial charge on any atom is 0.0947 e. The summed E-state index contributed by atoms with van der Waals surface area (Å²) in [4.78, 5) is 4.67. The van der Waals surface area contributed by atoms with E-state index in [1.807, 2.05) is 24.3 Å². The molecule has 1 aromatic heterocycles. The van der Waals surface area contributed by atoms with Crippen molar-refractivity contribution in [3.63, 3.8) is 0 Å². The highest BCUT2D eigenvalue weighted by atomic mass is 35.5. The normalized spacial score (nSPS) is 13.5. The largest absolute Gasteiger partial charge is 0.324 e. The molecule has 1 aromatic carbocycles. The van der Waals surface area contributed by atoms with Gasteiger partial charge in [-0.3, -0.25) is 0 Å². The number of hydrogen-bond acceptors (Lipinski definition) is 3. The minimum absolute atomic E-state index is 0.0577. The second kappa shape index (κ2) is 5.61. The SMILES string of the molecule is CC(C)(C)c1csc(CC(N)c2cccc(Cl)c2)n1. The molecule has 0 aliphatic heterocycles. The van der Waals surface area contributed by atoms with Gasteiger partial charge in [-0.2, -0.15) is 0 Å². The monoisotopic (exact) mass is 294 g/mol. The highest BCUT2D eigenvalue weighted by Crippen LogP contribution is 2.26. The molecule has 1 unspecified atom stereocenters. The van der Waals surface area contributed by atoms with Crippen LogP contribution in [0.15, 0.2) is 29.6 Å². The molecule has 2 rings (SSSR count). The molecule has 1 heterocycles. The second-order valence-corrected chi connectivity index (χ2v) is 7.12. The van der Waals surface area contributed by atoms with Crippen LogP contribution in [-0.2, 0) is 11.8 Å². The van der Waals surface area contributed by atoms with Gasteiger partial charge >= 0.3 is 0 Å². The standard InChI is InChI=1S/C15H19ClN2S/c1-15(2,3)13-9-19-14(18-13)8-12(17)10-5-4-6-11(16)7-10/h4-7,9,12H,8,17H2,1-3H3. The van der Waals surface area contributed by atoms with Gasteiger partial charge in [0.05, 0.1) is 10.7 Å². The zero-order chi connectivity index (χ0) is 14.0. The van der Waals surface area contributed by atoms with Crippen LogP contribution >= 0.6 is 22.9 Å². The first kappa shape index (κ1) is 14.5. The van der Waals surface area contributed by atoms with Crippen molar-refractivity contribution in [2.24, 2.45) is 5.73 Å². The van der Waals surface area contributed by atoms with Crippen LogP contribution in [-0.4, -0.2) is 4.98 Å². The van der Waals surface area contributed by atoms with Crippen molar-refractivity contribution in [2.75, 3.05) is 0 Å². The van der Waals surface area contributed by atoms with E-state index in [1.54, 1.807) is 11.3 Å². The molecule has 0 amide bonds. The van der Waals surface area contributed by atoms with Crippen molar-refractivity contribution >= 4 is 22.9 Å². The maximum atomic E-state index is 6.22. The Morgan fingerprint density at radius 1 is 1.37 bits per heavy atom. The number of benzene rings is 1. The average molecular weight is 295 g/mol. The van der Waals surface area contributed by atoms with E-state index in [0.717, 1.165) is 27.7 Å². The van der Waals surface area contributed by atoms with Gasteiger partial charge in [-0.15, -0.1) is 11.3 Å². The van der Waals surface area contributed by atoms with E-state index in [-0.39, 0.29) is 11.5 Å². The zero-order valence-electron chi connectivity index (χ0n) is 11.5. The van der Waals surface area contributed by atoms with E-state index < -0.39 is 0 Å². The number of nitrogens with two attached hydrogens (primary N) is 1. The molecular weight excluding hydrogens is 276 g/mol. The molecule has 19 heavy (non-hydrogen) atoms. The number of nitrogens with zero attached hydrogens (tertiary/aromatic N) is 1. The summed E-state index contributed by atoms with van der Waals surface area (Å²) in [6.07, 6.45) is 0.751. The van der Waals surface area contributed by atoms with Gasteiger partial charge in [0.2, 0.25) is 0 Å². The van der Waals surface area contributed by atoms with Gasteiger partial charge in [-0.05, 0) is 17.7 Å². The lowest BCUT2D eigenvalue weighted by molar-refractivity contribution is 0.569. The second-order valence-electron chi connectivity index (χ2n) is 5.74. The summed E-state index contributed by atoms with van der Waals surface area (Å²) in [5.41, 5.74) is 8.50. The minimum Gasteiger partial charge on any atom is -0.324 e. The molecule has 4 heteroatoms. The first-order valence-electron chi connectivity index (χ1n) is 6.32. The average Bonchev–Trinajstić information content (AvgIpc) is 2.77. The summed E-state index contributed by atoms with van der Waals surface area (Å²) in [5, 5.41) is 3.93. The number of rotatable bonds is 3. The van der Waals surface area contributed by atoms with Crippen LogP contribution in [0.3, 0.4) is 0 Å². The topological polar surface area (TPSA) is 38.9 Å². The Balaban J connectivity index is 2.11. The summed E-state index contributed by atoms with van der Waals surface area (Å²) < 4.78 is 0. The molecule has 0 saturated heterocycles. The molecule has 102 valence electrons. The van der Waals surface area contributed by atoms with Crippen molar-refractivity contribution < 1.29 is 0 Å². The van der Waals surface area contributed by atoms with Gasteiger partial charge in [0.15, 0.2) is 0 Å². The van der Waals surface area contributed by atoms with Crippen molar-refractivity contribution in [1.29, 1.82) is 0 Å². The highest BCUT2D eigenvalue weighted by molar-refractivity contribution is 7.09. The van der Waals surface area contributed by atoms with Crippen LogP contribution in [0.5, 0.6) is 0 Å². The van der Waals surface area contributed by atoms with E-state index in [4.69, 9.17) is 17.3 Å². The van der Waals surface area contributed by atoms with E-state index in [2.05, 4.69) is 31.1 Å². The summed E-state index contributed by atoms with van der Waals surface area (Å²) in [6.45, 7) is 6.51. The van der Waals surface area contributed by atoms with Crippen molar-refractivity contribution in [1.82, 2.24) is 4.98 Å². The zero-order valence-corrected chi connectivity index (χ0v) is 13.1. The Hall–Kier alpha value is -0.900. The third kappa shape index (κ3) is 3.78. The number of hydrogen-bond donors (Lipinski definition) is 1. The summed E-state index contributed by atoms with van der Waals surface area (Å²) >= 11 is 7.67. The van der Waals surface area contributed by atoms with Gasteiger partial charge in [-0.1, -0.05) is 44.5 Å². The van der Waals surface area contributed by atoms with E-state index in [9.17, 15) is 0 Å². The van der Waals surface area contributed by atoms with Gasteiger partial charge < -0.3 is 5.73 Å². The fourth-order valence-corrected chi connectivity index (χ4v) is 3.07. The van der Waals surface area contributed by atoms with Crippen LogP contribution in [0, 0.1) is 0 Å². The molecule has 2 N–H and O–H groups in total. The predicted octanol–water partition coefficient (Wildman–Crippen LogP) is 4.34. The van der Waals surface area contributed by atoms with Crippen LogP contribution in [0.4, 0.5) is 0 Å². The Labute approximate surface area is 123 Å². The number of halogens is 1. The predicted molar refractivity (Wildman–Crippen MR) is 82.9 cm³/mol. The molecule has 0 fully saturated rings. The van der Waals surface area contributed by atoms with Crippen LogP contribution in [0.1, 0.15) is 43.1 Å². The van der Waals surface area contributed by atoms with Gasteiger partial charge in [0, 0.05) is 28.3 Å². The van der Waals surface area contributed by atoms with Crippen molar-refractivity contribution in [2.45, 2.75) is 38.6 Å². The van der Waals surface area contributed by atoms with Gasteiger partial charge in [0.25, 0.3) is 0 Å². The van der Waals surface area contributed by atoms with E-state index in [1.165, 1.54) is 0 Å². The van der Waals surface area contributed by atoms with Gasteiger partial charge in [0.1, 0.15) is 0 Å². The van der Waals surface area contributed by atoms with Crippen LogP contribution < -0.4 is 5.73 Å². The lowest BCUT2D eigenvalue weighted by atomic mass is 9.93. The first-order chi connectivity index (χ1) is 8.86. The van der Waals surface area contributed by atoms with Gasteiger partial charge in [-0.25, -0.2) is 4.98 Å². The molecule has 0 aliphatic carbocycles. The van der Waals surface area contributed by atoms with E-state index >= 15 is 0 Å². The molecule has 2 nitrogen and oxygen atoms in total. The lowest BCUT2D eigenvalue weighted by Gasteiger charge is -2.14.